The predicted octanol–water partition coefficient (Wildman–Crippen LogP) is 2.50. The Labute approximate surface area is 169 Å². The molecule has 2 saturated heterocycles. The molecule has 0 unspecified atom stereocenters. The second-order valence-corrected chi connectivity index (χ2v) is 9.96. The summed E-state index contributed by atoms with van der Waals surface area (Å²) in [7, 11) is -3.39. The van der Waals surface area contributed by atoms with E-state index in [2.05, 4.69) is 32.0 Å². The van der Waals surface area contributed by atoms with Gasteiger partial charge in [-0.25, -0.2) is 0 Å². The topological polar surface area (TPSA) is 60.9 Å². The normalized spacial score (nSPS) is 20.1. The maximum atomic E-state index is 12.9. The second kappa shape index (κ2) is 9.37. The van der Waals surface area contributed by atoms with Gasteiger partial charge >= 0.3 is 0 Å². The molecular weight excluding hydrogens is 374 g/mol. The molecule has 3 rings (SSSR count). The van der Waals surface area contributed by atoms with Crippen LogP contribution in [-0.4, -0.2) is 67.1 Å². The maximum Gasteiger partial charge on any atom is 0.282 e. The van der Waals surface area contributed by atoms with Gasteiger partial charge in [0.15, 0.2) is 0 Å². The number of benzene rings is 1. The van der Waals surface area contributed by atoms with E-state index in [0.717, 1.165) is 32.1 Å². The van der Waals surface area contributed by atoms with E-state index in [9.17, 15) is 13.2 Å². The van der Waals surface area contributed by atoms with E-state index in [-0.39, 0.29) is 5.91 Å². The predicted molar refractivity (Wildman–Crippen MR) is 111 cm³/mol. The molecule has 2 aliphatic heterocycles. The van der Waals surface area contributed by atoms with E-state index in [1.165, 1.54) is 16.7 Å². The molecule has 6 nitrogen and oxygen atoms in total. The molecule has 0 radical (unpaired) electrons. The molecule has 0 saturated carbocycles. The van der Waals surface area contributed by atoms with Crippen LogP contribution in [0, 0.1) is 13.8 Å². The average molecular weight is 408 g/mol. The second-order valence-electron chi connectivity index (χ2n) is 8.03. The number of carbonyl (C=O) groups is 1. The molecule has 0 bridgehead atoms. The average Bonchev–Trinajstić information content (AvgIpc) is 2.97. The van der Waals surface area contributed by atoms with Crippen LogP contribution in [0.2, 0.25) is 0 Å². The number of hydrogen-bond acceptors (Lipinski definition) is 3. The van der Waals surface area contributed by atoms with Crippen molar-refractivity contribution in [1.29, 1.82) is 0 Å². The first kappa shape index (κ1) is 21.3. The van der Waals surface area contributed by atoms with Crippen LogP contribution in [0.4, 0.5) is 0 Å². The Balaban J connectivity index is 1.50. The number of rotatable bonds is 5. The summed E-state index contributed by atoms with van der Waals surface area (Å²) in [6.45, 7) is 7.16. The highest BCUT2D eigenvalue weighted by Crippen LogP contribution is 2.19. The van der Waals surface area contributed by atoms with Crippen LogP contribution in [0.15, 0.2) is 18.2 Å². The molecule has 1 aromatic carbocycles. The Morgan fingerprint density at radius 1 is 0.893 bits per heavy atom. The van der Waals surface area contributed by atoms with Gasteiger partial charge in [0.25, 0.3) is 10.2 Å². The molecule has 0 aromatic heterocycles. The largest absolute Gasteiger partial charge is 0.340 e. The van der Waals surface area contributed by atoms with Gasteiger partial charge in [-0.3, -0.25) is 4.79 Å². The molecule has 0 aliphatic carbocycles. The van der Waals surface area contributed by atoms with Crippen molar-refractivity contribution < 1.29 is 13.2 Å². The Kier molecular flexibility index (Phi) is 7.12. The van der Waals surface area contributed by atoms with Gasteiger partial charge in [-0.15, -0.1) is 0 Å². The fourth-order valence-electron chi connectivity index (χ4n) is 4.13. The zero-order chi connectivity index (χ0) is 20.1. The third-order valence-corrected chi connectivity index (χ3v) is 7.95. The smallest absolute Gasteiger partial charge is 0.282 e. The summed E-state index contributed by atoms with van der Waals surface area (Å²) < 4.78 is 29.0. The molecule has 2 heterocycles. The van der Waals surface area contributed by atoms with E-state index in [4.69, 9.17) is 0 Å². The molecular formula is C21H33N3O3S. The van der Waals surface area contributed by atoms with Crippen molar-refractivity contribution in [3.8, 4) is 0 Å². The van der Waals surface area contributed by atoms with Crippen molar-refractivity contribution in [2.45, 2.75) is 52.4 Å². The van der Waals surface area contributed by atoms with Crippen LogP contribution in [0.5, 0.6) is 0 Å². The lowest BCUT2D eigenvalue weighted by Crippen LogP contribution is -2.54. The lowest BCUT2D eigenvalue weighted by atomic mass is 10.0. The number of aryl methyl sites for hydroxylation is 3. The standard InChI is InChI=1S/C21H33N3O3S/c1-18-7-8-20(19(2)17-18)9-10-21(25)22-13-15-24(16-14-22)28(26,27)23-11-5-3-4-6-12-23/h7-8,17H,3-6,9-16H2,1-2H3. The number of carbonyl (C=O) groups excluding carboxylic acids is 1. The van der Waals surface area contributed by atoms with Crippen molar-refractivity contribution in [2.24, 2.45) is 0 Å². The van der Waals surface area contributed by atoms with Crippen molar-refractivity contribution in [3.05, 3.63) is 34.9 Å². The summed E-state index contributed by atoms with van der Waals surface area (Å²) >= 11 is 0. The summed E-state index contributed by atoms with van der Waals surface area (Å²) in [5, 5.41) is 0. The summed E-state index contributed by atoms with van der Waals surface area (Å²) in [6.07, 6.45) is 5.30. The zero-order valence-electron chi connectivity index (χ0n) is 17.2. The fraction of sp³-hybridized carbons (Fsp3) is 0.667. The van der Waals surface area contributed by atoms with Crippen LogP contribution < -0.4 is 0 Å². The van der Waals surface area contributed by atoms with Crippen molar-refractivity contribution in [3.63, 3.8) is 0 Å². The highest BCUT2D eigenvalue weighted by molar-refractivity contribution is 7.86. The Bertz CT molecular complexity index is 778. The van der Waals surface area contributed by atoms with Crippen LogP contribution in [0.3, 0.4) is 0 Å². The lowest BCUT2D eigenvalue weighted by molar-refractivity contribution is -0.132. The van der Waals surface area contributed by atoms with Gasteiger partial charge in [-0.2, -0.15) is 17.0 Å². The number of nitrogens with zero attached hydrogens (tertiary/aromatic N) is 3. The molecule has 7 heteroatoms. The quantitative estimate of drug-likeness (QED) is 0.753. The number of piperazine rings is 1. The highest BCUT2D eigenvalue weighted by Gasteiger charge is 2.33. The molecule has 0 N–H and O–H groups in total. The monoisotopic (exact) mass is 407 g/mol. The third-order valence-electron chi connectivity index (χ3n) is 5.92. The van der Waals surface area contributed by atoms with E-state index in [1.807, 2.05) is 4.90 Å². The Hall–Kier alpha value is -1.44. The third kappa shape index (κ3) is 5.13. The summed E-state index contributed by atoms with van der Waals surface area (Å²) in [4.78, 5) is 14.4. The summed E-state index contributed by atoms with van der Waals surface area (Å²) in [5.41, 5.74) is 3.66. The highest BCUT2D eigenvalue weighted by atomic mass is 32.2. The van der Waals surface area contributed by atoms with E-state index >= 15 is 0 Å². The minimum absolute atomic E-state index is 0.117. The van der Waals surface area contributed by atoms with Gasteiger partial charge in [0.1, 0.15) is 0 Å². The van der Waals surface area contributed by atoms with E-state index in [0.29, 0.717) is 45.7 Å². The van der Waals surface area contributed by atoms with Crippen LogP contribution in [-0.2, 0) is 21.4 Å². The molecule has 1 aromatic rings. The van der Waals surface area contributed by atoms with E-state index in [1.54, 1.807) is 8.61 Å². The van der Waals surface area contributed by atoms with Gasteiger partial charge in [0, 0.05) is 45.7 Å². The number of hydrogen-bond donors (Lipinski definition) is 0. The first-order chi connectivity index (χ1) is 13.4. The molecule has 2 aliphatic rings. The zero-order valence-corrected chi connectivity index (χ0v) is 18.0. The first-order valence-electron chi connectivity index (χ1n) is 10.5. The number of amides is 1. The first-order valence-corrected chi connectivity index (χ1v) is 11.9. The minimum atomic E-state index is -3.39. The Morgan fingerprint density at radius 3 is 2.11 bits per heavy atom. The van der Waals surface area contributed by atoms with Gasteiger partial charge in [-0.1, -0.05) is 36.6 Å². The van der Waals surface area contributed by atoms with Gasteiger partial charge < -0.3 is 4.90 Å². The van der Waals surface area contributed by atoms with Gasteiger partial charge in [0.05, 0.1) is 0 Å². The van der Waals surface area contributed by atoms with Crippen LogP contribution >= 0.6 is 0 Å². The Morgan fingerprint density at radius 2 is 1.50 bits per heavy atom. The molecule has 0 atom stereocenters. The SMILES string of the molecule is Cc1ccc(CCC(=O)N2CCN(S(=O)(=O)N3CCCCCC3)CC2)c(C)c1. The van der Waals surface area contributed by atoms with Crippen LogP contribution in [0.25, 0.3) is 0 Å². The molecule has 1 amide bonds. The fourth-order valence-corrected chi connectivity index (χ4v) is 5.80. The van der Waals surface area contributed by atoms with Crippen LogP contribution in [0.1, 0.15) is 48.8 Å². The van der Waals surface area contributed by atoms with Crippen molar-refractivity contribution in [2.75, 3.05) is 39.3 Å². The molecule has 28 heavy (non-hydrogen) atoms. The van der Waals surface area contributed by atoms with Crippen molar-refractivity contribution in [1.82, 2.24) is 13.5 Å². The summed E-state index contributed by atoms with van der Waals surface area (Å²) in [5.74, 6) is 0.117. The lowest BCUT2D eigenvalue weighted by Gasteiger charge is -2.36. The molecule has 156 valence electrons. The van der Waals surface area contributed by atoms with Gasteiger partial charge in [0.2, 0.25) is 5.91 Å². The summed E-state index contributed by atoms with van der Waals surface area (Å²) in [6, 6.07) is 6.33. The minimum Gasteiger partial charge on any atom is -0.340 e. The van der Waals surface area contributed by atoms with Crippen molar-refractivity contribution >= 4 is 16.1 Å². The van der Waals surface area contributed by atoms with E-state index < -0.39 is 10.2 Å². The van der Waals surface area contributed by atoms with Gasteiger partial charge in [-0.05, 0) is 44.2 Å². The molecule has 0 spiro atoms. The maximum absolute atomic E-state index is 12.9. The molecule has 2 fully saturated rings.